The number of hydrogen-bond donors (Lipinski definition) is 0. The quantitative estimate of drug-likeness (QED) is 0.402. The molecule has 8 fully saturated rings. The monoisotopic (exact) mass is 412 g/mol. The lowest BCUT2D eigenvalue weighted by atomic mass is 9.50. The van der Waals surface area contributed by atoms with Crippen LogP contribution in [0, 0.1) is 58.7 Å². The molecule has 0 saturated heterocycles. The third-order valence-corrected chi connectivity index (χ3v) is 11.1. The first-order chi connectivity index (χ1) is 14.5. The van der Waals surface area contributed by atoms with Crippen molar-refractivity contribution in [3.05, 3.63) is 0 Å². The minimum absolute atomic E-state index is 0.800. The maximum atomic E-state index is 2.54. The number of fused-ring (bicyclic) bond motifs is 4. The minimum Gasteiger partial charge on any atom is -0.0651 e. The van der Waals surface area contributed by atoms with Crippen LogP contribution in [0.25, 0.3) is 0 Å². The Morgan fingerprint density at radius 2 is 1.13 bits per heavy atom. The van der Waals surface area contributed by atoms with Crippen LogP contribution in [-0.4, -0.2) is 0 Å². The van der Waals surface area contributed by atoms with E-state index < -0.39 is 0 Å². The lowest BCUT2D eigenvalue weighted by Gasteiger charge is -2.55. The van der Waals surface area contributed by atoms with Gasteiger partial charge in [0.1, 0.15) is 0 Å². The Balaban J connectivity index is 0.0000000969. The average molecular weight is 413 g/mol. The summed E-state index contributed by atoms with van der Waals surface area (Å²) in [5.74, 6) is 10.2. The Hall–Kier alpha value is 0. The molecule has 0 N–H and O–H groups in total. The van der Waals surface area contributed by atoms with Gasteiger partial charge in [-0.3, -0.25) is 0 Å². The molecule has 172 valence electrons. The van der Waals surface area contributed by atoms with Crippen molar-refractivity contribution in [2.24, 2.45) is 58.7 Å². The minimum atomic E-state index is 0.800. The number of hydrogen-bond acceptors (Lipinski definition) is 0. The third kappa shape index (κ3) is 4.98. The SMILES string of the molecule is CC12CC3CC(CC(C3)C1)C2.CC1CC2CCCC(C1)C2.CCC1CC2CCC1C2. The second-order valence-corrected chi connectivity index (χ2v) is 14.0. The maximum absolute atomic E-state index is 2.54. The molecule has 0 radical (unpaired) electrons. The Morgan fingerprint density at radius 1 is 0.600 bits per heavy atom. The highest BCUT2D eigenvalue weighted by Crippen LogP contribution is 2.59. The van der Waals surface area contributed by atoms with Crippen molar-refractivity contribution in [2.75, 3.05) is 0 Å². The third-order valence-electron chi connectivity index (χ3n) is 11.1. The molecule has 30 heavy (non-hydrogen) atoms. The number of rotatable bonds is 1. The standard InChI is InChI=1S/C11H18.C10H18.C9H16/c1-11-5-8-2-9(6-11)4-10(3-8)7-11;1-8-5-9-3-2-4-10(6-8)7-9;1-2-8-5-7-3-4-9(8)6-7/h8-10H,2-7H2,1H3;8-10H,2-7H2,1H3;7-9H,2-6H2,1H3. The van der Waals surface area contributed by atoms with Crippen LogP contribution in [0.4, 0.5) is 0 Å². The first-order valence-electron chi connectivity index (χ1n) is 14.5. The molecule has 0 aromatic rings. The molecule has 0 spiro atoms. The fourth-order valence-corrected chi connectivity index (χ4v) is 10.5. The molecule has 0 aromatic carbocycles. The topological polar surface area (TPSA) is 0 Å². The Kier molecular flexibility index (Phi) is 6.62. The zero-order chi connectivity index (χ0) is 20.7. The largest absolute Gasteiger partial charge is 0.0651 e. The van der Waals surface area contributed by atoms with Crippen molar-refractivity contribution < 1.29 is 0 Å². The van der Waals surface area contributed by atoms with E-state index in [-0.39, 0.29) is 0 Å². The van der Waals surface area contributed by atoms with Gasteiger partial charge in [-0.05, 0) is 136 Å². The van der Waals surface area contributed by atoms with E-state index in [2.05, 4.69) is 20.8 Å². The summed E-state index contributed by atoms with van der Waals surface area (Å²) in [6.45, 7) is 7.33. The predicted octanol–water partition coefficient (Wildman–Crippen LogP) is 9.28. The van der Waals surface area contributed by atoms with Gasteiger partial charge in [-0.1, -0.05) is 52.9 Å². The molecule has 5 atom stereocenters. The van der Waals surface area contributed by atoms with Crippen molar-refractivity contribution in [3.63, 3.8) is 0 Å². The summed E-state index contributed by atoms with van der Waals surface area (Å²) < 4.78 is 0. The highest BCUT2D eigenvalue weighted by molar-refractivity contribution is 4.99. The van der Waals surface area contributed by atoms with Gasteiger partial charge < -0.3 is 0 Å². The molecule has 0 amide bonds. The van der Waals surface area contributed by atoms with Crippen LogP contribution in [0.15, 0.2) is 0 Å². The molecule has 8 aliphatic rings. The fraction of sp³-hybridized carbons (Fsp3) is 1.00. The summed E-state index contributed by atoms with van der Waals surface area (Å²) >= 11 is 0. The van der Waals surface area contributed by atoms with Crippen LogP contribution in [0.2, 0.25) is 0 Å². The van der Waals surface area contributed by atoms with Gasteiger partial charge in [0, 0.05) is 0 Å². The Morgan fingerprint density at radius 3 is 1.53 bits per heavy atom. The maximum Gasteiger partial charge on any atom is -0.0318 e. The first-order valence-corrected chi connectivity index (χ1v) is 14.5. The second-order valence-electron chi connectivity index (χ2n) is 14.0. The van der Waals surface area contributed by atoms with Gasteiger partial charge in [-0.15, -0.1) is 0 Å². The fourth-order valence-electron chi connectivity index (χ4n) is 10.5. The van der Waals surface area contributed by atoms with Crippen LogP contribution >= 0.6 is 0 Å². The molecular weight excluding hydrogens is 360 g/mol. The van der Waals surface area contributed by atoms with Crippen molar-refractivity contribution in [2.45, 2.75) is 130 Å². The van der Waals surface area contributed by atoms with E-state index in [1.54, 1.807) is 83.5 Å². The Labute approximate surface area is 188 Å². The second kappa shape index (κ2) is 9.09. The molecule has 5 unspecified atom stereocenters. The lowest BCUT2D eigenvalue weighted by Crippen LogP contribution is -2.44. The molecule has 0 aromatic heterocycles. The zero-order valence-corrected chi connectivity index (χ0v) is 20.7. The summed E-state index contributed by atoms with van der Waals surface area (Å²) in [6, 6.07) is 0. The molecular formula is C30H52. The van der Waals surface area contributed by atoms with Gasteiger partial charge in [0.05, 0.1) is 0 Å². The van der Waals surface area contributed by atoms with Crippen LogP contribution in [0.1, 0.15) is 130 Å². The molecule has 0 heteroatoms. The summed E-state index contributed by atoms with van der Waals surface area (Å²) in [6.07, 6.45) is 26.5. The predicted molar refractivity (Wildman–Crippen MR) is 129 cm³/mol. The average Bonchev–Trinajstić information content (AvgIpc) is 3.30. The smallest absolute Gasteiger partial charge is 0.0318 e. The van der Waals surface area contributed by atoms with E-state index in [1.807, 2.05) is 0 Å². The molecule has 8 aliphatic carbocycles. The van der Waals surface area contributed by atoms with Gasteiger partial charge in [-0.25, -0.2) is 0 Å². The van der Waals surface area contributed by atoms with Gasteiger partial charge >= 0.3 is 0 Å². The Bertz CT molecular complexity index is 509. The summed E-state index contributed by atoms with van der Waals surface area (Å²) in [5, 5.41) is 0. The summed E-state index contributed by atoms with van der Waals surface area (Å²) in [5.41, 5.74) is 0.800. The van der Waals surface area contributed by atoms with Crippen LogP contribution in [0.5, 0.6) is 0 Å². The van der Waals surface area contributed by atoms with E-state index in [1.165, 1.54) is 25.7 Å². The molecule has 0 nitrogen and oxygen atoms in total. The summed E-state index contributed by atoms with van der Waals surface area (Å²) in [7, 11) is 0. The molecule has 8 saturated carbocycles. The van der Waals surface area contributed by atoms with Crippen molar-refractivity contribution in [1.29, 1.82) is 0 Å². The summed E-state index contributed by atoms with van der Waals surface area (Å²) in [4.78, 5) is 0. The zero-order valence-electron chi connectivity index (χ0n) is 20.7. The van der Waals surface area contributed by atoms with Crippen LogP contribution in [0.3, 0.4) is 0 Å². The van der Waals surface area contributed by atoms with Crippen LogP contribution < -0.4 is 0 Å². The van der Waals surface area contributed by atoms with E-state index in [0.29, 0.717) is 0 Å². The highest BCUT2D eigenvalue weighted by atomic mass is 14.5. The van der Waals surface area contributed by atoms with Crippen molar-refractivity contribution in [3.8, 4) is 0 Å². The molecule has 8 rings (SSSR count). The van der Waals surface area contributed by atoms with Crippen molar-refractivity contribution in [1.82, 2.24) is 0 Å². The van der Waals surface area contributed by atoms with Gasteiger partial charge in [0.25, 0.3) is 0 Å². The normalized spacial score (nSPS) is 52.3. The molecule has 8 bridgehead atoms. The van der Waals surface area contributed by atoms with Crippen molar-refractivity contribution >= 4 is 0 Å². The molecule has 0 heterocycles. The van der Waals surface area contributed by atoms with E-state index in [0.717, 1.165) is 58.7 Å². The van der Waals surface area contributed by atoms with E-state index in [9.17, 15) is 0 Å². The highest BCUT2D eigenvalue weighted by Gasteiger charge is 2.48. The van der Waals surface area contributed by atoms with Gasteiger partial charge in [0.15, 0.2) is 0 Å². The first kappa shape index (κ1) is 21.8. The van der Waals surface area contributed by atoms with Crippen LogP contribution in [-0.2, 0) is 0 Å². The lowest BCUT2D eigenvalue weighted by molar-refractivity contribution is -0.0411. The van der Waals surface area contributed by atoms with Gasteiger partial charge in [-0.2, -0.15) is 0 Å². The van der Waals surface area contributed by atoms with Gasteiger partial charge in [0.2, 0.25) is 0 Å². The van der Waals surface area contributed by atoms with E-state index in [4.69, 9.17) is 0 Å². The molecule has 0 aliphatic heterocycles. The van der Waals surface area contributed by atoms with E-state index >= 15 is 0 Å².